The molecule has 6 heavy (non-hydrogen) atoms. The predicted molar refractivity (Wildman–Crippen MR) is 29.3 cm³/mol. The van der Waals surface area contributed by atoms with E-state index in [2.05, 4.69) is 14.1 Å². The van der Waals surface area contributed by atoms with Gasteiger partial charge in [-0.25, -0.2) is 0 Å². The molecule has 1 aliphatic rings. The van der Waals surface area contributed by atoms with Crippen LogP contribution in [0.2, 0.25) is 0 Å². The quantitative estimate of drug-likeness (QED) is 0.416. The molecule has 1 rings (SSSR count). The van der Waals surface area contributed by atoms with E-state index >= 15 is 0 Å². The van der Waals surface area contributed by atoms with Crippen LogP contribution in [0, 0.1) is 0 Å². The van der Waals surface area contributed by atoms with Gasteiger partial charge in [0, 0.05) is 19.1 Å². The van der Waals surface area contributed by atoms with Crippen LogP contribution in [-0.2, 0) is 0 Å². The maximum Gasteiger partial charge on any atom is 0.0303 e. The second kappa shape index (κ2) is 1.45. The number of nitrogens with two attached hydrogens (primary N) is 1. The molecule has 1 atom stereocenters. The van der Waals surface area contributed by atoms with Crippen LogP contribution in [0.3, 0.4) is 0 Å². The van der Waals surface area contributed by atoms with Crippen molar-refractivity contribution >= 4 is 9.39 Å². The van der Waals surface area contributed by atoms with Gasteiger partial charge in [0.25, 0.3) is 0 Å². The predicted octanol–water partition coefficient (Wildman–Crippen LogP) is -0.581. The fourth-order valence-corrected chi connectivity index (χ4v) is 1.09. The summed E-state index contributed by atoms with van der Waals surface area (Å²) in [6, 6.07) is 0.447. The van der Waals surface area contributed by atoms with Crippen LogP contribution < -0.4 is 5.73 Å². The average molecular weight is 104 g/mol. The van der Waals surface area contributed by atoms with E-state index in [1.54, 1.807) is 0 Å². The van der Waals surface area contributed by atoms with Crippen molar-refractivity contribution in [3.05, 3.63) is 0 Å². The average Bonchev–Trinajstić information content (AvgIpc) is 1.33. The molecule has 0 radical (unpaired) electrons. The molecule has 0 amide bonds. The number of hydrogen-bond donors (Lipinski definition) is 1. The zero-order valence-corrected chi connectivity index (χ0v) is 4.75. The largest absolute Gasteiger partial charge is 0.325 e. The second-order valence-electron chi connectivity index (χ2n) is 1.71. The Morgan fingerprint density at radius 1 is 1.67 bits per heavy atom. The van der Waals surface area contributed by atoms with Gasteiger partial charge in [-0.2, -0.15) is 0 Å². The van der Waals surface area contributed by atoms with E-state index in [9.17, 15) is 0 Å². The van der Waals surface area contributed by atoms with Crippen molar-refractivity contribution in [2.24, 2.45) is 5.73 Å². The summed E-state index contributed by atoms with van der Waals surface area (Å²) in [7, 11) is 2.60. The van der Waals surface area contributed by atoms with Crippen molar-refractivity contribution in [1.29, 1.82) is 0 Å². The Bertz CT molecular complexity index is 44.8. The highest BCUT2D eigenvalue weighted by Gasteiger charge is 2.17. The molecule has 2 nitrogen and oxygen atoms in total. The summed E-state index contributed by atoms with van der Waals surface area (Å²) in [5.41, 5.74) is 5.41. The Labute approximate surface area is 39.9 Å². The van der Waals surface area contributed by atoms with Crippen molar-refractivity contribution in [2.45, 2.75) is 6.04 Å². The van der Waals surface area contributed by atoms with E-state index in [-0.39, 0.29) is 0 Å². The lowest BCUT2D eigenvalue weighted by Gasteiger charge is -2.32. The Morgan fingerprint density at radius 3 is 2.17 bits per heavy atom. The minimum Gasteiger partial charge on any atom is -0.325 e. The zero-order valence-electron chi connectivity index (χ0n) is 3.59. The fraction of sp³-hybridized carbons (Fsp3) is 1.00. The lowest BCUT2D eigenvalue weighted by atomic mass is 10.2. The van der Waals surface area contributed by atoms with Gasteiger partial charge in [-0.05, 0) is 0 Å². The molecule has 0 bridgehead atoms. The number of hydrogen-bond acceptors (Lipinski definition) is 2. The molecule has 1 fully saturated rings. The molecule has 0 saturated carbocycles. The molecule has 0 aliphatic carbocycles. The van der Waals surface area contributed by atoms with Crippen LogP contribution in [-0.4, -0.2) is 23.8 Å². The highest BCUT2D eigenvalue weighted by Crippen LogP contribution is 2.08. The first-order valence-electron chi connectivity index (χ1n) is 2.04. The van der Waals surface area contributed by atoms with Crippen molar-refractivity contribution in [3.63, 3.8) is 0 Å². The SMILES string of the molecule is NC1CN(P)C1. The molecule has 0 aromatic rings. The maximum absolute atomic E-state index is 5.41. The van der Waals surface area contributed by atoms with Crippen LogP contribution in [0.15, 0.2) is 0 Å². The van der Waals surface area contributed by atoms with Gasteiger partial charge in [0.1, 0.15) is 0 Å². The van der Waals surface area contributed by atoms with E-state index < -0.39 is 0 Å². The number of nitrogens with zero attached hydrogens (tertiary/aromatic N) is 1. The van der Waals surface area contributed by atoms with E-state index in [1.165, 1.54) is 0 Å². The van der Waals surface area contributed by atoms with Crippen LogP contribution in [0.4, 0.5) is 0 Å². The molecule has 0 aromatic heterocycles. The topological polar surface area (TPSA) is 29.3 Å². The summed E-state index contributed by atoms with van der Waals surface area (Å²) in [6.07, 6.45) is 0. The van der Waals surface area contributed by atoms with Gasteiger partial charge in [-0.15, -0.1) is 0 Å². The minimum atomic E-state index is 0.447. The van der Waals surface area contributed by atoms with E-state index in [0.717, 1.165) is 13.1 Å². The third-order valence-electron chi connectivity index (χ3n) is 0.938. The second-order valence-corrected chi connectivity index (χ2v) is 2.44. The zero-order chi connectivity index (χ0) is 4.57. The fourth-order valence-electron chi connectivity index (χ4n) is 0.549. The highest BCUT2D eigenvalue weighted by molar-refractivity contribution is 7.13. The first-order chi connectivity index (χ1) is 2.79. The van der Waals surface area contributed by atoms with Crippen LogP contribution in [0.5, 0.6) is 0 Å². The van der Waals surface area contributed by atoms with E-state index in [4.69, 9.17) is 5.73 Å². The molecule has 0 aromatic carbocycles. The van der Waals surface area contributed by atoms with Crippen LogP contribution in [0.1, 0.15) is 0 Å². The minimum absolute atomic E-state index is 0.447. The normalized spacial score (nSPS) is 27.0. The van der Waals surface area contributed by atoms with Crippen molar-refractivity contribution in [1.82, 2.24) is 4.67 Å². The molecular weight excluding hydrogens is 95.0 g/mol. The molecular formula is C3H9N2P. The van der Waals surface area contributed by atoms with Crippen molar-refractivity contribution < 1.29 is 0 Å². The van der Waals surface area contributed by atoms with E-state index in [1.807, 2.05) is 0 Å². The van der Waals surface area contributed by atoms with E-state index in [0.29, 0.717) is 6.04 Å². The molecule has 2 N–H and O–H groups in total. The molecule has 0 spiro atoms. The third kappa shape index (κ3) is 0.700. The molecule has 1 heterocycles. The highest BCUT2D eigenvalue weighted by atomic mass is 31.0. The van der Waals surface area contributed by atoms with Gasteiger partial charge in [0.15, 0.2) is 0 Å². The van der Waals surface area contributed by atoms with Crippen LogP contribution in [0.25, 0.3) is 0 Å². The van der Waals surface area contributed by atoms with Crippen molar-refractivity contribution in [3.8, 4) is 0 Å². The first kappa shape index (κ1) is 4.51. The Morgan fingerprint density at radius 2 is 2.17 bits per heavy atom. The van der Waals surface area contributed by atoms with Gasteiger partial charge >= 0.3 is 0 Å². The van der Waals surface area contributed by atoms with Gasteiger partial charge in [0.05, 0.1) is 0 Å². The smallest absolute Gasteiger partial charge is 0.0303 e. The summed E-state index contributed by atoms with van der Waals surface area (Å²) in [4.78, 5) is 0. The molecule has 1 saturated heterocycles. The molecule has 1 unspecified atom stereocenters. The maximum atomic E-state index is 5.41. The Hall–Kier alpha value is 0.350. The lowest BCUT2D eigenvalue weighted by molar-refractivity contribution is 0.291. The molecule has 3 heteroatoms. The summed E-state index contributed by atoms with van der Waals surface area (Å²) in [6.45, 7) is 2.09. The summed E-state index contributed by atoms with van der Waals surface area (Å²) in [5.74, 6) is 0. The third-order valence-corrected chi connectivity index (χ3v) is 1.36. The summed E-state index contributed by atoms with van der Waals surface area (Å²) in [5, 5.41) is 0. The Balaban J connectivity index is 2.11. The standard InChI is InChI=1S/C3H9N2P/c4-3-1-5(6)2-3/h3H,1-2,4,6H2. The lowest BCUT2D eigenvalue weighted by Crippen LogP contribution is -2.50. The number of rotatable bonds is 0. The van der Waals surface area contributed by atoms with Gasteiger partial charge in [-0.3, -0.25) is 4.67 Å². The van der Waals surface area contributed by atoms with Crippen molar-refractivity contribution in [2.75, 3.05) is 13.1 Å². The summed E-state index contributed by atoms with van der Waals surface area (Å²) >= 11 is 0. The first-order valence-corrected chi connectivity index (χ1v) is 2.56. The Kier molecular flexibility index (Phi) is 1.09. The monoisotopic (exact) mass is 104 g/mol. The van der Waals surface area contributed by atoms with Gasteiger partial charge in [-0.1, -0.05) is 9.39 Å². The van der Waals surface area contributed by atoms with Crippen LogP contribution >= 0.6 is 9.39 Å². The summed E-state index contributed by atoms with van der Waals surface area (Å²) < 4.78 is 2.12. The van der Waals surface area contributed by atoms with Gasteiger partial charge in [0.2, 0.25) is 0 Å². The van der Waals surface area contributed by atoms with Gasteiger partial charge < -0.3 is 5.73 Å². The molecule has 1 aliphatic heterocycles. The molecule has 36 valence electrons.